The number of hydrogen-bond donors (Lipinski definition) is 2. The normalized spacial score (nSPS) is 10.5. The Kier molecular flexibility index (Phi) is 5.03. The number of hydrogen-bond acceptors (Lipinski definition) is 5. The molecule has 2 aromatic rings. The molecule has 22 heavy (non-hydrogen) atoms. The van der Waals surface area contributed by atoms with Gasteiger partial charge in [-0.15, -0.1) is 11.3 Å². The van der Waals surface area contributed by atoms with Gasteiger partial charge < -0.3 is 10.4 Å². The Labute approximate surface area is 133 Å². The predicted octanol–water partition coefficient (Wildman–Crippen LogP) is 1.67. The maximum Gasteiger partial charge on any atom is 0.404 e. The maximum absolute atomic E-state index is 12.8. The summed E-state index contributed by atoms with van der Waals surface area (Å²) in [5, 5.41) is 17.8. The molecule has 0 aliphatic carbocycles. The van der Waals surface area contributed by atoms with Gasteiger partial charge in [-0.1, -0.05) is 0 Å². The molecule has 8 nitrogen and oxygen atoms in total. The van der Waals surface area contributed by atoms with Gasteiger partial charge in [-0.25, -0.2) is 9.59 Å². The summed E-state index contributed by atoms with van der Waals surface area (Å²) in [6, 6.07) is 3.32. The molecule has 0 spiro atoms. The van der Waals surface area contributed by atoms with Crippen molar-refractivity contribution in [3.63, 3.8) is 0 Å². The largest absolute Gasteiger partial charge is 0.465 e. The van der Waals surface area contributed by atoms with Crippen molar-refractivity contribution in [3.05, 3.63) is 38.1 Å². The fraction of sp³-hybridized carbons (Fsp3) is 0.200. The summed E-state index contributed by atoms with van der Waals surface area (Å²) < 4.78 is 28.0. The number of rotatable bonds is 5. The minimum Gasteiger partial charge on any atom is -0.465 e. The molecule has 0 atom stereocenters. The van der Waals surface area contributed by atoms with Crippen LogP contribution in [0.4, 0.5) is 13.6 Å². The first kappa shape index (κ1) is 16.3. The minimum absolute atomic E-state index is 0.470. The molecule has 2 N–H and O–H groups in total. The first-order chi connectivity index (χ1) is 10.4. The number of amides is 1. The second-order valence-corrected chi connectivity index (χ2v) is 6.37. The highest BCUT2D eigenvalue weighted by Gasteiger charge is 2.15. The average molecular weight is 396 g/mol. The molecule has 0 aliphatic heterocycles. The van der Waals surface area contributed by atoms with Gasteiger partial charge in [-0.05, 0) is 38.5 Å². The van der Waals surface area contributed by atoms with Gasteiger partial charge in [0.2, 0.25) is 0 Å². The van der Waals surface area contributed by atoms with Crippen LogP contribution in [-0.2, 0) is 6.54 Å². The van der Waals surface area contributed by atoms with Crippen LogP contribution < -0.4 is 11.0 Å². The van der Waals surface area contributed by atoms with Crippen LogP contribution in [0, 0.1) is 0 Å². The van der Waals surface area contributed by atoms with E-state index in [1.807, 2.05) is 5.32 Å². The van der Waals surface area contributed by atoms with Crippen LogP contribution in [0.25, 0.3) is 5.00 Å². The van der Waals surface area contributed by atoms with Crippen LogP contribution in [0.3, 0.4) is 0 Å². The average Bonchev–Trinajstić information content (AvgIpc) is 3.01. The van der Waals surface area contributed by atoms with Gasteiger partial charge in [0.1, 0.15) is 5.00 Å². The number of tetrazole rings is 1. The van der Waals surface area contributed by atoms with Gasteiger partial charge in [0.25, 0.3) is 6.08 Å². The predicted molar refractivity (Wildman–Crippen MR) is 76.5 cm³/mol. The summed E-state index contributed by atoms with van der Waals surface area (Å²) in [4.78, 5) is 22.4. The molecule has 0 radical (unpaired) electrons. The maximum atomic E-state index is 12.8. The van der Waals surface area contributed by atoms with Gasteiger partial charge in [-0.3, -0.25) is 0 Å². The molecule has 2 aromatic heterocycles. The van der Waals surface area contributed by atoms with Crippen molar-refractivity contribution < 1.29 is 18.7 Å². The van der Waals surface area contributed by atoms with Crippen molar-refractivity contribution in [3.8, 4) is 5.00 Å². The molecule has 118 valence electrons. The number of carboxylic acid groups (broad SMARTS) is 1. The summed E-state index contributed by atoms with van der Waals surface area (Å²) >= 11 is 4.45. The monoisotopic (exact) mass is 395 g/mol. The van der Waals surface area contributed by atoms with Crippen molar-refractivity contribution >= 4 is 33.4 Å². The number of halogens is 3. The minimum atomic E-state index is -2.07. The lowest BCUT2D eigenvalue weighted by atomic mass is 10.3. The molecular formula is C10H8BrF2N5O3S. The van der Waals surface area contributed by atoms with Crippen molar-refractivity contribution in [2.24, 2.45) is 0 Å². The van der Waals surface area contributed by atoms with Crippen LogP contribution >= 0.6 is 27.3 Å². The molecule has 2 rings (SSSR count). The number of nitrogens with zero attached hydrogens (tertiary/aromatic N) is 4. The zero-order valence-electron chi connectivity index (χ0n) is 10.7. The Balaban J connectivity index is 2.23. The Morgan fingerprint density at radius 2 is 2.14 bits per heavy atom. The van der Waals surface area contributed by atoms with Crippen molar-refractivity contribution in [2.45, 2.75) is 6.54 Å². The third-order valence-electron chi connectivity index (χ3n) is 2.47. The molecule has 0 saturated carbocycles. The smallest absolute Gasteiger partial charge is 0.404 e. The Bertz CT molecular complexity index is 780. The molecule has 1 amide bonds. The van der Waals surface area contributed by atoms with Gasteiger partial charge in [0, 0.05) is 12.1 Å². The van der Waals surface area contributed by atoms with Crippen molar-refractivity contribution in [2.75, 3.05) is 6.54 Å². The molecule has 12 heteroatoms. The highest BCUT2D eigenvalue weighted by Crippen LogP contribution is 2.23. The van der Waals surface area contributed by atoms with Gasteiger partial charge in [0.15, 0.2) is 0 Å². The summed E-state index contributed by atoms with van der Waals surface area (Å²) in [6.07, 6.45) is -3.52. The number of nitrogens with one attached hydrogen (secondary N) is 1. The number of carbonyl (C=O) groups is 1. The van der Waals surface area contributed by atoms with E-state index in [0.29, 0.717) is 5.00 Å². The van der Waals surface area contributed by atoms with E-state index in [1.165, 1.54) is 11.3 Å². The van der Waals surface area contributed by atoms with E-state index >= 15 is 0 Å². The quantitative estimate of drug-likeness (QED) is 0.801. The lowest BCUT2D eigenvalue weighted by Crippen LogP contribution is -2.29. The second-order valence-electron chi connectivity index (χ2n) is 3.93. The van der Waals surface area contributed by atoms with E-state index in [2.05, 4.69) is 26.4 Å². The van der Waals surface area contributed by atoms with Gasteiger partial charge in [0.05, 0.1) is 10.3 Å². The fourth-order valence-electron chi connectivity index (χ4n) is 1.48. The molecule has 0 saturated heterocycles. The van der Waals surface area contributed by atoms with Gasteiger partial charge in [-0.2, -0.15) is 18.1 Å². The van der Waals surface area contributed by atoms with E-state index in [1.54, 1.807) is 12.1 Å². The highest BCUT2D eigenvalue weighted by molar-refractivity contribution is 9.11. The Morgan fingerprint density at radius 3 is 2.68 bits per heavy atom. The number of thiophene rings is 1. The van der Waals surface area contributed by atoms with Crippen LogP contribution in [0.5, 0.6) is 0 Å². The van der Waals surface area contributed by atoms with E-state index < -0.39 is 36.5 Å². The lowest BCUT2D eigenvalue weighted by Gasteiger charge is -2.04. The van der Waals surface area contributed by atoms with E-state index in [-0.39, 0.29) is 0 Å². The van der Waals surface area contributed by atoms with Crippen LogP contribution in [0.2, 0.25) is 0 Å². The van der Waals surface area contributed by atoms with E-state index in [0.717, 1.165) is 13.2 Å². The molecule has 2 heterocycles. The molecule has 0 unspecified atom stereocenters. The highest BCUT2D eigenvalue weighted by atomic mass is 79.9. The van der Waals surface area contributed by atoms with Crippen LogP contribution in [-0.4, -0.2) is 37.5 Å². The Hall–Kier alpha value is -2.08. The van der Waals surface area contributed by atoms with Crippen LogP contribution in [0.1, 0.15) is 0 Å². The SMILES string of the molecule is O=C(O)NCC(Cn1nnn(-c2ccc(Br)s2)c1=O)=C(F)F. The molecule has 0 fully saturated rings. The van der Waals surface area contributed by atoms with Gasteiger partial charge >= 0.3 is 11.8 Å². The second kappa shape index (κ2) is 6.79. The molecule has 0 aliphatic rings. The molecule has 0 aromatic carbocycles. The summed E-state index contributed by atoms with van der Waals surface area (Å²) in [5.41, 5.74) is -1.27. The topological polar surface area (TPSA) is 102 Å². The zero-order chi connectivity index (χ0) is 16.3. The fourth-order valence-corrected chi connectivity index (χ4v) is 2.78. The van der Waals surface area contributed by atoms with Crippen LogP contribution in [0.15, 0.2) is 32.4 Å². The lowest BCUT2D eigenvalue weighted by molar-refractivity contribution is 0.195. The standard InChI is InChI=1S/C10H8BrF2N5O3S/c11-6-1-2-7(22-6)18-10(21)17(15-16-18)4-5(8(12)13)3-14-9(19)20/h1-2,14H,3-4H2,(H,19,20). The molecular weight excluding hydrogens is 388 g/mol. The summed E-state index contributed by atoms with van der Waals surface area (Å²) in [7, 11) is 0. The third kappa shape index (κ3) is 3.76. The van der Waals surface area contributed by atoms with E-state index in [9.17, 15) is 18.4 Å². The number of aromatic nitrogens is 4. The van der Waals surface area contributed by atoms with Crippen molar-refractivity contribution in [1.82, 2.24) is 25.1 Å². The Morgan fingerprint density at radius 1 is 1.41 bits per heavy atom. The summed E-state index contributed by atoms with van der Waals surface area (Å²) in [6.45, 7) is -1.17. The van der Waals surface area contributed by atoms with E-state index in [4.69, 9.17) is 5.11 Å². The van der Waals surface area contributed by atoms with Crippen molar-refractivity contribution in [1.29, 1.82) is 0 Å². The first-order valence-corrected chi connectivity index (χ1v) is 7.27. The zero-order valence-corrected chi connectivity index (χ0v) is 13.1. The third-order valence-corrected chi connectivity index (χ3v) is 4.07. The first-order valence-electron chi connectivity index (χ1n) is 5.67. The summed E-state index contributed by atoms with van der Waals surface area (Å²) in [5.74, 6) is 0. The molecule has 0 bridgehead atoms.